The summed E-state index contributed by atoms with van der Waals surface area (Å²) in [4.78, 5) is 21.8. The molecule has 1 fully saturated rings. The first kappa shape index (κ1) is 14.8. The molecule has 1 N–H and O–H groups in total. The fourth-order valence-electron chi connectivity index (χ4n) is 3.30. The quantitative estimate of drug-likeness (QED) is 0.749. The monoisotopic (exact) mass is 321 g/mol. The van der Waals surface area contributed by atoms with Crippen LogP contribution in [-0.2, 0) is 4.74 Å². The second kappa shape index (κ2) is 6.00. The second-order valence-electron chi connectivity index (χ2n) is 6.06. The van der Waals surface area contributed by atoms with Gasteiger partial charge in [-0.2, -0.15) is 0 Å². The summed E-state index contributed by atoms with van der Waals surface area (Å²) >= 11 is 0. The summed E-state index contributed by atoms with van der Waals surface area (Å²) in [5, 5.41) is 0.783. The number of anilines is 1. The number of ether oxygens (including phenoxy) is 1. The van der Waals surface area contributed by atoms with Crippen molar-refractivity contribution in [2.45, 2.75) is 12.8 Å². The molecule has 0 unspecified atom stereocenters. The lowest BCUT2D eigenvalue weighted by Crippen LogP contribution is -2.17. The number of benzene rings is 1. The fraction of sp³-hybridized carbons (Fsp3) is 0.263. The molecule has 2 aromatic heterocycles. The number of aromatic nitrogens is 2. The molecular weight excluding hydrogens is 302 g/mol. The number of pyridine rings is 1. The molecule has 0 radical (unpaired) electrons. The molecule has 0 saturated carbocycles. The average Bonchev–Trinajstić information content (AvgIpc) is 3.30. The molecule has 5 heteroatoms. The van der Waals surface area contributed by atoms with Crippen LogP contribution in [0, 0.1) is 0 Å². The van der Waals surface area contributed by atoms with E-state index in [9.17, 15) is 4.79 Å². The molecule has 3 aromatic rings. The predicted octanol–water partition coefficient (Wildman–Crippen LogP) is 3.62. The molecule has 122 valence electrons. The minimum absolute atomic E-state index is 0.356. The number of nitrogens with one attached hydrogen (secondary N) is 1. The van der Waals surface area contributed by atoms with Crippen LogP contribution in [0.25, 0.3) is 22.2 Å². The number of aromatic amines is 1. The Hall–Kier alpha value is -2.82. The van der Waals surface area contributed by atoms with Gasteiger partial charge >= 0.3 is 5.97 Å². The highest BCUT2D eigenvalue weighted by molar-refractivity contribution is 6.04. The van der Waals surface area contributed by atoms with E-state index < -0.39 is 0 Å². The summed E-state index contributed by atoms with van der Waals surface area (Å²) < 4.78 is 4.84. The number of esters is 1. The third kappa shape index (κ3) is 2.52. The van der Waals surface area contributed by atoms with Crippen molar-refractivity contribution in [1.29, 1.82) is 0 Å². The van der Waals surface area contributed by atoms with Crippen molar-refractivity contribution in [3.8, 4) is 11.1 Å². The number of methoxy groups -OCH3 is 1. The molecule has 1 aliphatic rings. The fourth-order valence-corrected chi connectivity index (χ4v) is 3.30. The number of fused-ring (bicyclic) bond motifs is 1. The van der Waals surface area contributed by atoms with Crippen molar-refractivity contribution in [3.63, 3.8) is 0 Å². The van der Waals surface area contributed by atoms with Gasteiger partial charge in [0.2, 0.25) is 0 Å². The molecule has 5 nitrogen and oxygen atoms in total. The summed E-state index contributed by atoms with van der Waals surface area (Å²) in [6.07, 6.45) is 5.99. The molecule has 1 saturated heterocycles. The molecule has 0 bridgehead atoms. The third-order valence-electron chi connectivity index (χ3n) is 4.59. The lowest BCUT2D eigenvalue weighted by Gasteiger charge is -2.18. The van der Waals surface area contributed by atoms with Gasteiger partial charge in [0.05, 0.1) is 12.7 Å². The van der Waals surface area contributed by atoms with Gasteiger partial charge in [-0.15, -0.1) is 0 Å². The Bertz CT molecular complexity index is 895. The smallest absolute Gasteiger partial charge is 0.340 e. The highest BCUT2D eigenvalue weighted by Gasteiger charge is 2.15. The van der Waals surface area contributed by atoms with Gasteiger partial charge in [-0.25, -0.2) is 9.78 Å². The van der Waals surface area contributed by atoms with Crippen LogP contribution in [0.1, 0.15) is 23.2 Å². The summed E-state index contributed by atoms with van der Waals surface area (Å²) in [6, 6.07) is 10.5. The molecule has 1 aromatic carbocycles. The van der Waals surface area contributed by atoms with E-state index in [1.807, 2.05) is 12.3 Å². The number of rotatable bonds is 3. The van der Waals surface area contributed by atoms with E-state index in [4.69, 9.17) is 4.74 Å². The number of hydrogen-bond donors (Lipinski definition) is 1. The van der Waals surface area contributed by atoms with E-state index in [0.717, 1.165) is 29.6 Å². The van der Waals surface area contributed by atoms with Crippen molar-refractivity contribution >= 4 is 22.7 Å². The molecule has 4 rings (SSSR count). The zero-order valence-electron chi connectivity index (χ0n) is 13.6. The first-order valence-electron chi connectivity index (χ1n) is 8.17. The van der Waals surface area contributed by atoms with Gasteiger partial charge in [0.15, 0.2) is 0 Å². The number of nitrogens with zero attached hydrogens (tertiary/aromatic N) is 2. The van der Waals surface area contributed by atoms with Crippen LogP contribution in [0.5, 0.6) is 0 Å². The van der Waals surface area contributed by atoms with Gasteiger partial charge in [-0.3, -0.25) is 0 Å². The minimum Gasteiger partial charge on any atom is -0.465 e. The number of carbonyl (C=O) groups is 1. The summed E-state index contributed by atoms with van der Waals surface area (Å²) in [5.74, 6) is -0.356. The first-order chi connectivity index (χ1) is 11.8. The second-order valence-corrected chi connectivity index (χ2v) is 6.06. The zero-order valence-corrected chi connectivity index (χ0v) is 13.6. The average molecular weight is 321 g/mol. The molecule has 0 spiro atoms. The summed E-state index contributed by atoms with van der Waals surface area (Å²) in [7, 11) is 1.39. The Labute approximate surface area is 140 Å². The van der Waals surface area contributed by atoms with Gasteiger partial charge in [-0.1, -0.05) is 12.1 Å². The highest BCUT2D eigenvalue weighted by Crippen LogP contribution is 2.29. The third-order valence-corrected chi connectivity index (χ3v) is 4.59. The molecular formula is C19H19N3O2. The van der Waals surface area contributed by atoms with Gasteiger partial charge < -0.3 is 14.6 Å². The van der Waals surface area contributed by atoms with Crippen LogP contribution in [0.4, 0.5) is 5.69 Å². The molecule has 0 aliphatic carbocycles. The van der Waals surface area contributed by atoms with Crippen molar-refractivity contribution in [3.05, 3.63) is 48.3 Å². The Morgan fingerprint density at radius 2 is 2.04 bits per heavy atom. The molecule has 0 atom stereocenters. The standard InChI is InChI=1S/C19H19N3O2/c1-24-19(23)17-12-21-18-16(17)10-14(11-20-18)13-5-4-6-15(9-13)22-7-2-3-8-22/h4-6,9-12H,2-3,7-8H2,1H3,(H,20,21). The van der Waals surface area contributed by atoms with E-state index in [1.165, 1.54) is 25.6 Å². The van der Waals surface area contributed by atoms with E-state index >= 15 is 0 Å². The molecule has 1 aliphatic heterocycles. The van der Waals surface area contributed by atoms with Crippen LogP contribution in [0.3, 0.4) is 0 Å². The molecule has 0 amide bonds. The topological polar surface area (TPSA) is 58.2 Å². The number of carbonyl (C=O) groups excluding carboxylic acids is 1. The Morgan fingerprint density at radius 1 is 1.21 bits per heavy atom. The van der Waals surface area contributed by atoms with Gasteiger partial charge in [0.25, 0.3) is 0 Å². The van der Waals surface area contributed by atoms with E-state index in [0.29, 0.717) is 11.2 Å². The van der Waals surface area contributed by atoms with Crippen LogP contribution in [-0.4, -0.2) is 36.1 Å². The normalized spacial score (nSPS) is 14.3. The first-order valence-corrected chi connectivity index (χ1v) is 8.17. The molecule has 3 heterocycles. The Balaban J connectivity index is 1.76. The van der Waals surface area contributed by atoms with E-state index in [-0.39, 0.29) is 5.97 Å². The maximum atomic E-state index is 11.9. The van der Waals surface area contributed by atoms with Crippen LogP contribution in [0.2, 0.25) is 0 Å². The lowest BCUT2D eigenvalue weighted by atomic mass is 10.0. The van der Waals surface area contributed by atoms with Crippen molar-refractivity contribution in [2.75, 3.05) is 25.1 Å². The number of H-pyrrole nitrogens is 1. The minimum atomic E-state index is -0.356. The van der Waals surface area contributed by atoms with E-state index in [1.54, 1.807) is 6.20 Å². The van der Waals surface area contributed by atoms with Crippen LogP contribution in [0.15, 0.2) is 42.7 Å². The maximum Gasteiger partial charge on any atom is 0.340 e. The predicted molar refractivity (Wildman–Crippen MR) is 94.3 cm³/mol. The SMILES string of the molecule is COC(=O)c1c[nH]c2ncc(-c3cccc(N4CCCC4)c3)cc12. The lowest BCUT2D eigenvalue weighted by molar-refractivity contribution is 0.0603. The van der Waals surface area contributed by atoms with Crippen LogP contribution >= 0.6 is 0 Å². The number of hydrogen-bond acceptors (Lipinski definition) is 4. The van der Waals surface area contributed by atoms with Gasteiger partial charge in [-0.05, 0) is 36.6 Å². The van der Waals surface area contributed by atoms with Crippen molar-refractivity contribution in [2.24, 2.45) is 0 Å². The Kier molecular flexibility index (Phi) is 3.69. The van der Waals surface area contributed by atoms with Crippen molar-refractivity contribution in [1.82, 2.24) is 9.97 Å². The Morgan fingerprint density at radius 3 is 2.83 bits per heavy atom. The van der Waals surface area contributed by atoms with Gasteiger partial charge in [0.1, 0.15) is 5.65 Å². The van der Waals surface area contributed by atoms with Crippen molar-refractivity contribution < 1.29 is 9.53 Å². The summed E-state index contributed by atoms with van der Waals surface area (Å²) in [5.41, 5.74) is 4.54. The largest absolute Gasteiger partial charge is 0.465 e. The molecule has 24 heavy (non-hydrogen) atoms. The zero-order chi connectivity index (χ0) is 16.5. The van der Waals surface area contributed by atoms with Gasteiger partial charge in [0, 0.05) is 42.1 Å². The summed E-state index contributed by atoms with van der Waals surface area (Å²) in [6.45, 7) is 2.23. The maximum absolute atomic E-state index is 11.9. The van der Waals surface area contributed by atoms with E-state index in [2.05, 4.69) is 39.1 Å². The highest BCUT2D eigenvalue weighted by atomic mass is 16.5. The van der Waals surface area contributed by atoms with Crippen LogP contribution < -0.4 is 4.90 Å².